The number of rotatable bonds is 0. The molecule has 2 nitrogen and oxygen atoms in total. The molecule has 2 fully saturated rings. The van der Waals surface area contributed by atoms with Crippen molar-refractivity contribution >= 4 is 5.78 Å². The normalized spacial score (nSPS) is 57.9. The van der Waals surface area contributed by atoms with Gasteiger partial charge in [-0.1, -0.05) is 12.2 Å². The number of allylic oxidation sites excluding steroid dienone is 2. The van der Waals surface area contributed by atoms with Crippen LogP contribution < -0.4 is 0 Å². The van der Waals surface area contributed by atoms with E-state index in [1.807, 2.05) is 0 Å². The molecule has 0 amide bonds. The van der Waals surface area contributed by atoms with Crippen molar-refractivity contribution in [2.75, 3.05) is 0 Å². The molecule has 0 heterocycles. The molecule has 2 saturated carbocycles. The topological polar surface area (TPSA) is 37.3 Å². The highest BCUT2D eigenvalue weighted by Crippen LogP contribution is 2.55. The van der Waals surface area contributed by atoms with E-state index in [1.54, 1.807) is 0 Å². The lowest BCUT2D eigenvalue weighted by molar-refractivity contribution is -0.153. The van der Waals surface area contributed by atoms with Crippen LogP contribution in [0.4, 0.5) is 0 Å². The zero-order valence-electron chi connectivity index (χ0n) is 6.10. The number of aliphatic hydroxyl groups excluding tert-OH is 1. The van der Waals surface area contributed by atoms with Gasteiger partial charge in [-0.15, -0.1) is 0 Å². The second-order valence-electron chi connectivity index (χ2n) is 3.90. The van der Waals surface area contributed by atoms with E-state index in [0.29, 0.717) is 11.8 Å². The standard InChI is InChI=1S/C9H10O2/c10-8-6-4-1-2-5(3-4)7(6)9(8)11/h1-2,4-8,10H,3H2. The number of hydrogen-bond acceptors (Lipinski definition) is 2. The highest BCUT2D eigenvalue weighted by atomic mass is 16.3. The summed E-state index contributed by atoms with van der Waals surface area (Å²) in [7, 11) is 0. The second kappa shape index (κ2) is 1.58. The van der Waals surface area contributed by atoms with Crippen molar-refractivity contribution in [3.63, 3.8) is 0 Å². The fourth-order valence-electron chi connectivity index (χ4n) is 2.96. The molecule has 0 aliphatic heterocycles. The van der Waals surface area contributed by atoms with Gasteiger partial charge in [0.25, 0.3) is 0 Å². The van der Waals surface area contributed by atoms with E-state index in [0.717, 1.165) is 6.42 Å². The largest absolute Gasteiger partial charge is 0.385 e. The van der Waals surface area contributed by atoms with Gasteiger partial charge in [-0.3, -0.25) is 4.79 Å². The third kappa shape index (κ3) is 0.486. The molecular formula is C9H10O2. The molecule has 0 aromatic rings. The fourth-order valence-corrected chi connectivity index (χ4v) is 2.96. The average molecular weight is 150 g/mol. The Labute approximate surface area is 64.9 Å². The molecule has 5 atom stereocenters. The van der Waals surface area contributed by atoms with Crippen molar-refractivity contribution in [1.82, 2.24) is 0 Å². The number of carbonyl (C=O) groups excluding carboxylic acids is 1. The van der Waals surface area contributed by atoms with E-state index >= 15 is 0 Å². The monoisotopic (exact) mass is 150 g/mol. The van der Waals surface area contributed by atoms with Gasteiger partial charge in [0, 0.05) is 11.8 Å². The van der Waals surface area contributed by atoms with Crippen molar-refractivity contribution in [2.24, 2.45) is 23.7 Å². The van der Waals surface area contributed by atoms with Gasteiger partial charge < -0.3 is 5.11 Å². The second-order valence-corrected chi connectivity index (χ2v) is 3.90. The summed E-state index contributed by atoms with van der Waals surface area (Å²) >= 11 is 0. The summed E-state index contributed by atoms with van der Waals surface area (Å²) < 4.78 is 0. The summed E-state index contributed by atoms with van der Waals surface area (Å²) in [5, 5.41) is 9.33. The molecule has 58 valence electrons. The van der Waals surface area contributed by atoms with Crippen LogP contribution in [-0.4, -0.2) is 17.0 Å². The quantitative estimate of drug-likeness (QED) is 0.506. The lowest BCUT2D eigenvalue weighted by Gasteiger charge is -2.40. The van der Waals surface area contributed by atoms with E-state index in [2.05, 4.69) is 12.2 Å². The summed E-state index contributed by atoms with van der Waals surface area (Å²) in [6, 6.07) is 0. The fraction of sp³-hybridized carbons (Fsp3) is 0.667. The Bertz CT molecular complexity index is 256. The van der Waals surface area contributed by atoms with E-state index < -0.39 is 6.10 Å². The molecule has 5 unspecified atom stereocenters. The van der Waals surface area contributed by atoms with Gasteiger partial charge in [0.2, 0.25) is 0 Å². The molecule has 3 rings (SSSR count). The molecule has 0 aromatic heterocycles. The lowest BCUT2D eigenvalue weighted by Crippen LogP contribution is -2.53. The van der Waals surface area contributed by atoms with Gasteiger partial charge >= 0.3 is 0 Å². The number of hydrogen-bond donors (Lipinski definition) is 1. The number of carbonyl (C=O) groups is 1. The number of fused-ring (bicyclic) bond motifs is 5. The Morgan fingerprint density at radius 1 is 1.36 bits per heavy atom. The maximum absolute atomic E-state index is 11.1. The summed E-state index contributed by atoms with van der Waals surface area (Å²) in [4.78, 5) is 11.1. The summed E-state index contributed by atoms with van der Waals surface area (Å²) in [6.45, 7) is 0. The Kier molecular flexibility index (Phi) is 0.856. The summed E-state index contributed by atoms with van der Waals surface area (Å²) in [5.74, 6) is 1.56. The highest BCUT2D eigenvalue weighted by molar-refractivity contribution is 5.93. The van der Waals surface area contributed by atoms with E-state index in [1.165, 1.54) is 0 Å². The molecule has 1 N–H and O–H groups in total. The van der Waals surface area contributed by atoms with Gasteiger partial charge in [0.1, 0.15) is 6.10 Å². The van der Waals surface area contributed by atoms with Crippen LogP contribution in [0.1, 0.15) is 6.42 Å². The Morgan fingerprint density at radius 3 is 2.82 bits per heavy atom. The number of Topliss-reactive ketones (excluding diaryl/α,β-unsaturated/α-hetero) is 1. The van der Waals surface area contributed by atoms with Crippen LogP contribution in [-0.2, 0) is 4.79 Å². The van der Waals surface area contributed by atoms with Crippen molar-refractivity contribution in [1.29, 1.82) is 0 Å². The zero-order chi connectivity index (χ0) is 7.59. The average Bonchev–Trinajstić information content (AvgIpc) is 2.58. The van der Waals surface area contributed by atoms with Gasteiger partial charge in [-0.05, 0) is 18.3 Å². The zero-order valence-corrected chi connectivity index (χ0v) is 6.10. The van der Waals surface area contributed by atoms with Crippen LogP contribution >= 0.6 is 0 Å². The van der Waals surface area contributed by atoms with E-state index in [4.69, 9.17) is 0 Å². The van der Waals surface area contributed by atoms with Gasteiger partial charge in [-0.25, -0.2) is 0 Å². The first-order valence-corrected chi connectivity index (χ1v) is 4.19. The minimum absolute atomic E-state index is 0.0897. The van der Waals surface area contributed by atoms with Crippen molar-refractivity contribution in [3.05, 3.63) is 12.2 Å². The van der Waals surface area contributed by atoms with E-state index in [-0.39, 0.29) is 17.6 Å². The number of aliphatic hydroxyl groups is 1. The van der Waals surface area contributed by atoms with Crippen LogP contribution in [0.2, 0.25) is 0 Å². The molecule has 0 saturated heterocycles. The van der Waals surface area contributed by atoms with Gasteiger partial charge in [0.15, 0.2) is 5.78 Å². The first kappa shape index (κ1) is 5.95. The molecule has 2 bridgehead atoms. The van der Waals surface area contributed by atoms with Crippen LogP contribution in [0.3, 0.4) is 0 Å². The number of ketones is 1. The van der Waals surface area contributed by atoms with Crippen LogP contribution in [0.25, 0.3) is 0 Å². The molecule has 2 heteroatoms. The predicted molar refractivity (Wildman–Crippen MR) is 38.7 cm³/mol. The van der Waals surface area contributed by atoms with Gasteiger partial charge in [-0.2, -0.15) is 0 Å². The Hall–Kier alpha value is -0.630. The third-order valence-corrected chi connectivity index (χ3v) is 3.50. The molecule has 3 aliphatic carbocycles. The maximum Gasteiger partial charge on any atom is 0.165 e. The van der Waals surface area contributed by atoms with Crippen molar-refractivity contribution in [2.45, 2.75) is 12.5 Å². The molecule has 0 radical (unpaired) electrons. The van der Waals surface area contributed by atoms with Crippen LogP contribution in [0.5, 0.6) is 0 Å². The Balaban J connectivity index is 2.01. The molecule has 0 spiro atoms. The Morgan fingerprint density at radius 2 is 2.09 bits per heavy atom. The lowest BCUT2D eigenvalue weighted by atomic mass is 9.65. The molecular weight excluding hydrogens is 140 g/mol. The van der Waals surface area contributed by atoms with Crippen LogP contribution in [0.15, 0.2) is 12.2 Å². The van der Waals surface area contributed by atoms with Crippen LogP contribution in [0, 0.1) is 23.7 Å². The molecule has 11 heavy (non-hydrogen) atoms. The van der Waals surface area contributed by atoms with Gasteiger partial charge in [0.05, 0.1) is 0 Å². The summed E-state index contributed by atoms with van der Waals surface area (Å²) in [5.41, 5.74) is 0. The van der Waals surface area contributed by atoms with Crippen molar-refractivity contribution < 1.29 is 9.90 Å². The minimum atomic E-state index is -0.625. The SMILES string of the molecule is O=C1C(O)C2C3C=CC(C3)C12. The third-order valence-electron chi connectivity index (χ3n) is 3.50. The predicted octanol–water partition coefficient (Wildman–Crippen LogP) is 0.368. The molecule has 0 aromatic carbocycles. The first-order valence-electron chi connectivity index (χ1n) is 4.19. The molecule has 3 aliphatic rings. The highest BCUT2D eigenvalue weighted by Gasteiger charge is 2.60. The smallest absolute Gasteiger partial charge is 0.165 e. The first-order chi connectivity index (χ1) is 5.29. The van der Waals surface area contributed by atoms with Crippen molar-refractivity contribution in [3.8, 4) is 0 Å². The van der Waals surface area contributed by atoms with E-state index in [9.17, 15) is 9.90 Å². The minimum Gasteiger partial charge on any atom is -0.385 e. The maximum atomic E-state index is 11.1. The summed E-state index contributed by atoms with van der Waals surface area (Å²) in [6.07, 6.45) is 4.80.